The van der Waals surface area contributed by atoms with Crippen LogP contribution in [-0.2, 0) is 20.8 Å². The van der Waals surface area contributed by atoms with Crippen molar-refractivity contribution in [3.63, 3.8) is 0 Å². The molecule has 0 amide bonds. The van der Waals surface area contributed by atoms with Gasteiger partial charge in [-0.15, -0.1) is 0 Å². The molecule has 0 radical (unpaired) electrons. The zero-order chi connectivity index (χ0) is 17.1. The largest absolute Gasteiger partial charge is 0.371 e. The third-order valence-corrected chi connectivity index (χ3v) is 3.46. The van der Waals surface area contributed by atoms with Gasteiger partial charge in [-0.25, -0.2) is 0 Å². The summed E-state index contributed by atoms with van der Waals surface area (Å²) in [6.45, 7) is 12.6. The number of benzene rings is 1. The predicted octanol–water partition coefficient (Wildman–Crippen LogP) is 5.63. The standard InChI is InChI=1S/C20H34O3/c1-6-8-14-21-19(22-15-9-7-2)18-12-10-17(11-13-18)16-23-20(3,4)5/h10-13,19H,6-9,14-16H2,1-5H3. The van der Waals surface area contributed by atoms with Gasteiger partial charge in [0.2, 0.25) is 0 Å². The van der Waals surface area contributed by atoms with Crippen LogP contribution in [0.4, 0.5) is 0 Å². The fourth-order valence-corrected chi connectivity index (χ4v) is 1.98. The first kappa shape index (κ1) is 20.1. The first-order chi connectivity index (χ1) is 11.0. The lowest BCUT2D eigenvalue weighted by Crippen LogP contribution is -2.18. The van der Waals surface area contributed by atoms with Crippen LogP contribution in [-0.4, -0.2) is 18.8 Å². The molecular weight excluding hydrogens is 288 g/mol. The predicted molar refractivity (Wildman–Crippen MR) is 95.4 cm³/mol. The van der Waals surface area contributed by atoms with Gasteiger partial charge >= 0.3 is 0 Å². The summed E-state index contributed by atoms with van der Waals surface area (Å²) in [6.07, 6.45) is 4.12. The Morgan fingerprint density at radius 2 is 1.39 bits per heavy atom. The van der Waals surface area contributed by atoms with E-state index in [9.17, 15) is 0 Å². The smallest absolute Gasteiger partial charge is 0.183 e. The van der Waals surface area contributed by atoms with Crippen LogP contribution >= 0.6 is 0 Å². The highest BCUT2D eigenvalue weighted by Gasteiger charge is 2.13. The lowest BCUT2D eigenvalue weighted by Gasteiger charge is -2.21. The third-order valence-electron chi connectivity index (χ3n) is 3.46. The van der Waals surface area contributed by atoms with E-state index in [-0.39, 0.29) is 11.9 Å². The van der Waals surface area contributed by atoms with E-state index in [0.717, 1.165) is 44.5 Å². The van der Waals surface area contributed by atoms with E-state index in [1.807, 2.05) is 0 Å². The molecule has 0 aliphatic heterocycles. The summed E-state index contributed by atoms with van der Waals surface area (Å²) in [5.41, 5.74) is 2.13. The monoisotopic (exact) mass is 322 g/mol. The van der Waals surface area contributed by atoms with Crippen molar-refractivity contribution in [2.45, 2.75) is 78.8 Å². The van der Waals surface area contributed by atoms with Crippen LogP contribution < -0.4 is 0 Å². The maximum Gasteiger partial charge on any atom is 0.183 e. The highest BCUT2D eigenvalue weighted by molar-refractivity contribution is 5.23. The van der Waals surface area contributed by atoms with Gasteiger partial charge < -0.3 is 14.2 Å². The molecule has 0 bridgehead atoms. The van der Waals surface area contributed by atoms with Crippen molar-refractivity contribution in [1.29, 1.82) is 0 Å². The SMILES string of the molecule is CCCCOC(OCCCC)c1ccc(COC(C)(C)C)cc1. The Labute approximate surface area is 142 Å². The minimum atomic E-state index is -0.259. The minimum absolute atomic E-state index is 0.117. The quantitative estimate of drug-likeness (QED) is 0.390. The Kier molecular flexibility index (Phi) is 9.46. The molecular formula is C20H34O3. The molecule has 0 N–H and O–H groups in total. The average Bonchev–Trinajstić information content (AvgIpc) is 2.52. The van der Waals surface area contributed by atoms with Gasteiger partial charge in [0.05, 0.1) is 25.4 Å². The van der Waals surface area contributed by atoms with Crippen LogP contribution in [0.1, 0.15) is 77.7 Å². The van der Waals surface area contributed by atoms with E-state index in [1.165, 1.54) is 5.56 Å². The second kappa shape index (κ2) is 10.8. The molecule has 23 heavy (non-hydrogen) atoms. The van der Waals surface area contributed by atoms with Crippen molar-refractivity contribution < 1.29 is 14.2 Å². The lowest BCUT2D eigenvalue weighted by molar-refractivity contribution is -0.148. The van der Waals surface area contributed by atoms with Crippen LogP contribution in [0.25, 0.3) is 0 Å². The molecule has 1 rings (SSSR count). The minimum Gasteiger partial charge on any atom is -0.371 e. The summed E-state index contributed by atoms with van der Waals surface area (Å²) in [4.78, 5) is 0. The van der Waals surface area contributed by atoms with E-state index < -0.39 is 0 Å². The first-order valence-corrected chi connectivity index (χ1v) is 8.92. The molecule has 0 saturated heterocycles. The van der Waals surface area contributed by atoms with Crippen molar-refractivity contribution in [3.05, 3.63) is 35.4 Å². The second-order valence-electron chi connectivity index (χ2n) is 6.92. The number of hydrogen-bond acceptors (Lipinski definition) is 3. The highest BCUT2D eigenvalue weighted by atomic mass is 16.7. The molecule has 0 heterocycles. The van der Waals surface area contributed by atoms with Gasteiger partial charge in [-0.2, -0.15) is 0 Å². The maximum absolute atomic E-state index is 5.92. The molecule has 0 aliphatic rings. The maximum atomic E-state index is 5.92. The summed E-state index contributed by atoms with van der Waals surface area (Å²) in [5, 5.41) is 0. The van der Waals surface area contributed by atoms with Crippen LogP contribution in [0, 0.1) is 0 Å². The van der Waals surface area contributed by atoms with Crippen LogP contribution in [0.15, 0.2) is 24.3 Å². The van der Waals surface area contributed by atoms with Crippen LogP contribution in [0.3, 0.4) is 0 Å². The van der Waals surface area contributed by atoms with Crippen LogP contribution in [0.2, 0.25) is 0 Å². The number of rotatable bonds is 11. The topological polar surface area (TPSA) is 27.7 Å². The van der Waals surface area contributed by atoms with Crippen LogP contribution in [0.5, 0.6) is 0 Å². The molecule has 132 valence electrons. The number of hydrogen-bond donors (Lipinski definition) is 0. The summed E-state index contributed by atoms with van der Waals surface area (Å²) in [5.74, 6) is 0. The molecule has 0 spiro atoms. The molecule has 1 aromatic carbocycles. The van der Waals surface area contributed by atoms with Crippen molar-refractivity contribution >= 4 is 0 Å². The van der Waals surface area contributed by atoms with Gasteiger partial charge in [-0.05, 0) is 39.2 Å². The zero-order valence-corrected chi connectivity index (χ0v) is 15.6. The highest BCUT2D eigenvalue weighted by Crippen LogP contribution is 2.21. The molecule has 0 saturated carbocycles. The summed E-state index contributed by atoms with van der Waals surface area (Å²) >= 11 is 0. The zero-order valence-electron chi connectivity index (χ0n) is 15.6. The van der Waals surface area contributed by atoms with Gasteiger partial charge in [0.1, 0.15) is 0 Å². The van der Waals surface area contributed by atoms with Gasteiger partial charge in [-0.1, -0.05) is 51.0 Å². The Hall–Kier alpha value is -0.900. The number of unbranched alkanes of at least 4 members (excludes halogenated alkanes) is 2. The summed E-state index contributed by atoms with van der Waals surface area (Å²) in [7, 11) is 0. The fraction of sp³-hybridized carbons (Fsp3) is 0.700. The molecule has 1 aromatic rings. The Morgan fingerprint density at radius 3 is 1.83 bits per heavy atom. The van der Waals surface area contributed by atoms with Gasteiger partial charge in [0.15, 0.2) is 6.29 Å². The molecule has 0 atom stereocenters. The van der Waals surface area contributed by atoms with Gasteiger partial charge in [0.25, 0.3) is 0 Å². The summed E-state index contributed by atoms with van der Waals surface area (Å²) < 4.78 is 17.6. The molecule has 0 aliphatic carbocycles. The number of ether oxygens (including phenoxy) is 3. The van der Waals surface area contributed by atoms with E-state index in [4.69, 9.17) is 14.2 Å². The van der Waals surface area contributed by atoms with Crippen molar-refractivity contribution in [2.75, 3.05) is 13.2 Å². The van der Waals surface area contributed by atoms with E-state index >= 15 is 0 Å². The van der Waals surface area contributed by atoms with E-state index in [0.29, 0.717) is 6.61 Å². The Balaban J connectivity index is 2.61. The molecule has 3 nitrogen and oxygen atoms in total. The Bertz CT molecular complexity index is 396. The van der Waals surface area contributed by atoms with E-state index in [1.54, 1.807) is 0 Å². The van der Waals surface area contributed by atoms with Crippen molar-refractivity contribution in [3.8, 4) is 0 Å². The van der Waals surface area contributed by atoms with Gasteiger partial charge in [0, 0.05) is 5.56 Å². The third kappa shape index (κ3) is 9.09. The fourth-order valence-electron chi connectivity index (χ4n) is 1.98. The molecule has 0 unspecified atom stereocenters. The lowest BCUT2D eigenvalue weighted by atomic mass is 10.1. The normalized spacial score (nSPS) is 12.1. The average molecular weight is 322 g/mol. The van der Waals surface area contributed by atoms with Crippen molar-refractivity contribution in [2.24, 2.45) is 0 Å². The van der Waals surface area contributed by atoms with Crippen molar-refractivity contribution in [1.82, 2.24) is 0 Å². The summed E-state index contributed by atoms with van der Waals surface area (Å²) in [6, 6.07) is 8.37. The second-order valence-corrected chi connectivity index (χ2v) is 6.92. The van der Waals surface area contributed by atoms with E-state index in [2.05, 4.69) is 58.9 Å². The molecule has 3 heteroatoms. The first-order valence-electron chi connectivity index (χ1n) is 8.92. The molecule has 0 fully saturated rings. The van der Waals surface area contributed by atoms with Gasteiger partial charge in [-0.3, -0.25) is 0 Å². The Morgan fingerprint density at radius 1 is 0.870 bits per heavy atom. The molecule has 0 aromatic heterocycles.